The predicted octanol–water partition coefficient (Wildman–Crippen LogP) is 3.71. The van der Waals surface area contributed by atoms with Gasteiger partial charge in [-0.1, -0.05) is 0 Å². The molecule has 182 valence electrons. The van der Waals surface area contributed by atoms with Crippen LogP contribution in [0.2, 0.25) is 0 Å². The van der Waals surface area contributed by atoms with E-state index in [1.807, 2.05) is 11.0 Å². The smallest absolute Gasteiger partial charge is 0.291 e. The molecule has 2 aliphatic rings. The molecule has 2 aromatic heterocycles. The summed E-state index contributed by atoms with van der Waals surface area (Å²) in [6, 6.07) is 12.0. The highest BCUT2D eigenvalue weighted by Crippen LogP contribution is 2.28. The molecule has 4 heterocycles. The molecule has 0 unspecified atom stereocenters. The van der Waals surface area contributed by atoms with Crippen LogP contribution < -0.4 is 10.2 Å². The van der Waals surface area contributed by atoms with Gasteiger partial charge in [-0.15, -0.1) is 0 Å². The van der Waals surface area contributed by atoms with Crippen molar-refractivity contribution in [3.8, 4) is 0 Å². The van der Waals surface area contributed by atoms with Gasteiger partial charge in [-0.25, -0.2) is 0 Å². The van der Waals surface area contributed by atoms with E-state index in [9.17, 15) is 14.4 Å². The van der Waals surface area contributed by atoms with Gasteiger partial charge in [0.25, 0.3) is 17.7 Å². The van der Waals surface area contributed by atoms with Gasteiger partial charge in [-0.05, 0) is 61.7 Å². The van der Waals surface area contributed by atoms with Gasteiger partial charge in [0.05, 0.1) is 18.1 Å². The normalized spacial score (nSPS) is 16.3. The van der Waals surface area contributed by atoms with E-state index in [4.69, 9.17) is 8.83 Å². The molecule has 0 bridgehead atoms. The van der Waals surface area contributed by atoms with Crippen molar-refractivity contribution < 1.29 is 23.2 Å². The average molecular weight is 477 g/mol. The lowest BCUT2D eigenvalue weighted by Gasteiger charge is -2.37. The van der Waals surface area contributed by atoms with Crippen LogP contribution in [-0.2, 0) is 0 Å². The first-order valence-electron chi connectivity index (χ1n) is 12.0. The number of piperazine rings is 1. The van der Waals surface area contributed by atoms with Crippen LogP contribution in [0.15, 0.2) is 63.8 Å². The summed E-state index contributed by atoms with van der Waals surface area (Å²) in [6.45, 7) is 3.68. The molecular weight excluding hydrogens is 448 g/mol. The largest absolute Gasteiger partial charge is 0.459 e. The van der Waals surface area contributed by atoms with Gasteiger partial charge in [0.15, 0.2) is 11.5 Å². The van der Waals surface area contributed by atoms with E-state index >= 15 is 0 Å². The molecule has 1 aromatic carbocycles. The minimum Gasteiger partial charge on any atom is -0.459 e. The summed E-state index contributed by atoms with van der Waals surface area (Å²) in [5, 5.41) is 2.83. The lowest BCUT2D eigenvalue weighted by atomic mass is 10.1. The zero-order chi connectivity index (χ0) is 24.2. The fourth-order valence-electron chi connectivity index (χ4n) is 4.64. The highest BCUT2D eigenvalue weighted by atomic mass is 16.3. The van der Waals surface area contributed by atoms with Crippen molar-refractivity contribution in [3.63, 3.8) is 0 Å². The van der Waals surface area contributed by atoms with E-state index in [2.05, 4.69) is 10.2 Å². The molecule has 3 aromatic rings. The highest BCUT2D eigenvalue weighted by molar-refractivity contribution is 6.05. The summed E-state index contributed by atoms with van der Waals surface area (Å²) < 4.78 is 10.4. The third-order valence-corrected chi connectivity index (χ3v) is 6.51. The Bertz CT molecular complexity index is 1170. The highest BCUT2D eigenvalue weighted by Gasteiger charge is 2.28. The van der Waals surface area contributed by atoms with Crippen LogP contribution in [0, 0.1) is 0 Å². The van der Waals surface area contributed by atoms with Crippen LogP contribution in [0.1, 0.15) is 50.7 Å². The summed E-state index contributed by atoms with van der Waals surface area (Å²) in [4.78, 5) is 44.4. The molecule has 5 rings (SSSR count). The Morgan fingerprint density at radius 2 is 1.37 bits per heavy atom. The third kappa shape index (κ3) is 4.94. The van der Waals surface area contributed by atoms with Crippen LogP contribution in [-0.4, -0.2) is 66.8 Å². The Hall–Kier alpha value is -4.01. The first-order chi connectivity index (χ1) is 17.1. The van der Waals surface area contributed by atoms with Gasteiger partial charge in [0, 0.05) is 50.6 Å². The molecule has 9 nitrogen and oxygen atoms in total. The van der Waals surface area contributed by atoms with E-state index in [0.717, 1.165) is 38.0 Å². The van der Waals surface area contributed by atoms with Crippen molar-refractivity contribution >= 4 is 29.1 Å². The van der Waals surface area contributed by atoms with Crippen LogP contribution in [0.4, 0.5) is 11.4 Å². The second kappa shape index (κ2) is 10.1. The standard InChI is InChI=1S/C26H28N4O5/c31-24(22-6-4-16-34-22)27-19-8-9-21(20(18-19)25(32)29-10-2-1-3-11-29)28-12-14-30(15-13-28)26(33)23-7-5-17-35-23/h4-9,16-18H,1-3,10-15H2,(H,27,31). The number of amides is 3. The number of piperidine rings is 1. The number of benzene rings is 1. The number of nitrogens with one attached hydrogen (secondary N) is 1. The van der Waals surface area contributed by atoms with Gasteiger partial charge in [-0.3, -0.25) is 14.4 Å². The maximum atomic E-state index is 13.5. The molecule has 0 radical (unpaired) electrons. The van der Waals surface area contributed by atoms with E-state index in [1.54, 1.807) is 41.3 Å². The van der Waals surface area contributed by atoms with Crippen LogP contribution in [0.5, 0.6) is 0 Å². The number of rotatable bonds is 5. The minimum absolute atomic E-state index is 0.0390. The summed E-state index contributed by atoms with van der Waals surface area (Å²) >= 11 is 0. The molecule has 1 N–H and O–H groups in total. The molecule has 0 spiro atoms. The molecule has 9 heteroatoms. The molecule has 0 aliphatic carbocycles. The van der Waals surface area contributed by atoms with Crippen molar-refractivity contribution in [1.82, 2.24) is 9.80 Å². The number of carbonyl (C=O) groups excluding carboxylic acids is 3. The van der Waals surface area contributed by atoms with Crippen molar-refractivity contribution in [2.24, 2.45) is 0 Å². The second-order valence-corrected chi connectivity index (χ2v) is 8.77. The molecule has 0 atom stereocenters. The number of anilines is 2. The monoisotopic (exact) mass is 476 g/mol. The van der Waals surface area contributed by atoms with Crippen LogP contribution in [0.3, 0.4) is 0 Å². The summed E-state index contributed by atoms with van der Waals surface area (Å²) in [7, 11) is 0. The average Bonchev–Trinajstić information content (AvgIpc) is 3.64. The fourth-order valence-corrected chi connectivity index (χ4v) is 4.64. The van der Waals surface area contributed by atoms with E-state index in [1.165, 1.54) is 12.5 Å². The van der Waals surface area contributed by atoms with Crippen molar-refractivity contribution in [1.29, 1.82) is 0 Å². The van der Waals surface area contributed by atoms with Gasteiger partial charge in [0.2, 0.25) is 0 Å². The SMILES string of the molecule is O=C(Nc1ccc(N2CCN(C(=O)c3ccco3)CC2)c(C(=O)N2CCCCC2)c1)c1ccco1. The Balaban J connectivity index is 1.36. The summed E-state index contributed by atoms with van der Waals surface area (Å²) in [6.07, 6.45) is 6.04. The van der Waals surface area contributed by atoms with Crippen molar-refractivity contribution in [3.05, 3.63) is 72.1 Å². The van der Waals surface area contributed by atoms with E-state index < -0.39 is 0 Å². The number of likely N-dealkylation sites (tertiary alicyclic amines) is 1. The number of hydrogen-bond donors (Lipinski definition) is 1. The maximum Gasteiger partial charge on any atom is 0.291 e. The molecule has 2 saturated heterocycles. The molecule has 3 amide bonds. The van der Waals surface area contributed by atoms with E-state index in [-0.39, 0.29) is 23.5 Å². The van der Waals surface area contributed by atoms with Gasteiger partial charge < -0.3 is 28.9 Å². The Morgan fingerprint density at radius 3 is 2.03 bits per heavy atom. The quantitative estimate of drug-likeness (QED) is 0.603. The first kappa shape index (κ1) is 22.8. The second-order valence-electron chi connectivity index (χ2n) is 8.77. The number of carbonyl (C=O) groups is 3. The Morgan fingerprint density at radius 1 is 0.714 bits per heavy atom. The van der Waals surface area contributed by atoms with Gasteiger partial charge in [0.1, 0.15) is 0 Å². The van der Waals surface area contributed by atoms with Crippen molar-refractivity contribution in [2.75, 3.05) is 49.5 Å². The third-order valence-electron chi connectivity index (χ3n) is 6.51. The van der Waals surface area contributed by atoms with Crippen LogP contribution in [0.25, 0.3) is 0 Å². The minimum atomic E-state index is -0.371. The molecule has 0 saturated carbocycles. The Kier molecular flexibility index (Phi) is 6.56. The predicted molar refractivity (Wildman–Crippen MR) is 130 cm³/mol. The van der Waals surface area contributed by atoms with E-state index in [0.29, 0.717) is 43.2 Å². The molecular formula is C26H28N4O5. The molecule has 2 aliphatic heterocycles. The number of nitrogens with zero attached hydrogens (tertiary/aromatic N) is 3. The maximum absolute atomic E-state index is 13.5. The molecule has 2 fully saturated rings. The number of furan rings is 2. The van der Waals surface area contributed by atoms with Gasteiger partial charge in [-0.2, -0.15) is 0 Å². The fraction of sp³-hybridized carbons (Fsp3) is 0.346. The molecule has 35 heavy (non-hydrogen) atoms. The first-order valence-corrected chi connectivity index (χ1v) is 12.0. The lowest BCUT2D eigenvalue weighted by Crippen LogP contribution is -2.49. The van der Waals surface area contributed by atoms with Crippen LogP contribution >= 0.6 is 0 Å². The Labute approximate surface area is 203 Å². The van der Waals surface area contributed by atoms with Crippen molar-refractivity contribution in [2.45, 2.75) is 19.3 Å². The lowest BCUT2D eigenvalue weighted by molar-refractivity contribution is 0.0705. The van der Waals surface area contributed by atoms with Gasteiger partial charge >= 0.3 is 0 Å². The zero-order valence-corrected chi connectivity index (χ0v) is 19.4. The number of hydrogen-bond acceptors (Lipinski definition) is 6. The topological polar surface area (TPSA) is 99.2 Å². The summed E-state index contributed by atoms with van der Waals surface area (Å²) in [5.41, 5.74) is 1.89. The zero-order valence-electron chi connectivity index (χ0n) is 19.4. The summed E-state index contributed by atoms with van der Waals surface area (Å²) in [5.74, 6) is -0.00582.